The van der Waals surface area contributed by atoms with Crippen molar-refractivity contribution in [3.8, 4) is 5.75 Å². The number of thioether (sulfide) groups is 1. The maximum absolute atomic E-state index is 11.9. The Morgan fingerprint density at radius 2 is 1.59 bits per heavy atom. The molecule has 1 aliphatic rings. The summed E-state index contributed by atoms with van der Waals surface area (Å²) in [4.78, 5) is 24.1. The van der Waals surface area contributed by atoms with Gasteiger partial charge < -0.3 is 9.47 Å². The van der Waals surface area contributed by atoms with Crippen molar-refractivity contribution < 1.29 is 19.1 Å². The first-order chi connectivity index (χ1) is 12.1. The largest absolute Gasteiger partial charge is 0.447 e. The molecular formula is C22H32O4S. The van der Waals surface area contributed by atoms with Crippen LogP contribution in [-0.4, -0.2) is 16.9 Å². The number of carbonyl (C=O) groups excluding carboxylic acids is 2. The molecule has 27 heavy (non-hydrogen) atoms. The first kappa shape index (κ1) is 21.8. The Labute approximate surface area is 167 Å². The lowest BCUT2D eigenvalue weighted by Crippen LogP contribution is -2.30. The van der Waals surface area contributed by atoms with Crippen molar-refractivity contribution in [3.05, 3.63) is 22.8 Å². The van der Waals surface area contributed by atoms with E-state index < -0.39 is 4.93 Å². The highest BCUT2D eigenvalue weighted by atomic mass is 32.2. The van der Waals surface area contributed by atoms with Crippen molar-refractivity contribution >= 4 is 23.7 Å². The van der Waals surface area contributed by atoms with Crippen LogP contribution in [0.1, 0.15) is 91.8 Å². The molecule has 0 aromatic heterocycles. The molecule has 2 atom stereocenters. The SMILES string of the molecule is CC(=O)Oc1c(C(C)(C)C)cc2c(c1C(C)(C)C)C(C)C(C)(OC(C)=O)S2. The van der Waals surface area contributed by atoms with E-state index in [1.165, 1.54) is 13.8 Å². The third-order valence-corrected chi connectivity index (χ3v) is 6.36. The van der Waals surface area contributed by atoms with E-state index >= 15 is 0 Å². The van der Waals surface area contributed by atoms with Crippen LogP contribution >= 0.6 is 11.8 Å². The summed E-state index contributed by atoms with van der Waals surface area (Å²) in [6.45, 7) is 19.6. The topological polar surface area (TPSA) is 52.6 Å². The molecule has 1 aromatic rings. The molecule has 150 valence electrons. The lowest BCUT2D eigenvalue weighted by Gasteiger charge is -2.33. The van der Waals surface area contributed by atoms with E-state index in [1.807, 2.05) is 6.92 Å². The van der Waals surface area contributed by atoms with Gasteiger partial charge in [0, 0.05) is 35.8 Å². The second-order valence-electron chi connectivity index (χ2n) is 9.57. The number of fused-ring (bicyclic) bond motifs is 1. The molecule has 0 saturated heterocycles. The van der Waals surface area contributed by atoms with E-state index in [0.717, 1.165) is 21.6 Å². The second-order valence-corrected chi connectivity index (χ2v) is 11.0. The molecular weight excluding hydrogens is 360 g/mol. The third kappa shape index (κ3) is 4.18. The van der Waals surface area contributed by atoms with E-state index in [1.54, 1.807) is 11.8 Å². The average Bonchev–Trinajstić information content (AvgIpc) is 2.66. The molecule has 0 aliphatic carbocycles. The van der Waals surface area contributed by atoms with Gasteiger partial charge in [-0.25, -0.2) is 0 Å². The van der Waals surface area contributed by atoms with E-state index in [4.69, 9.17) is 9.47 Å². The standard InChI is InChI=1S/C22H32O4S/c1-12-17-16(27-22(12,10)26-14(3)24)11-15(20(4,5)6)19(25-13(2)23)18(17)21(7,8)9/h11-12H,1-10H3. The van der Waals surface area contributed by atoms with Gasteiger partial charge in [0.1, 0.15) is 5.75 Å². The molecule has 2 unspecified atom stereocenters. The number of benzene rings is 1. The molecule has 0 amide bonds. The van der Waals surface area contributed by atoms with Crippen LogP contribution in [0.2, 0.25) is 0 Å². The molecule has 0 radical (unpaired) electrons. The number of rotatable bonds is 2. The highest BCUT2D eigenvalue weighted by Crippen LogP contribution is 2.59. The zero-order valence-electron chi connectivity index (χ0n) is 18.2. The van der Waals surface area contributed by atoms with Gasteiger partial charge in [-0.15, -0.1) is 0 Å². The van der Waals surface area contributed by atoms with Crippen LogP contribution in [0, 0.1) is 0 Å². The minimum absolute atomic E-state index is 0.0287. The maximum atomic E-state index is 11.9. The van der Waals surface area contributed by atoms with Crippen molar-refractivity contribution in [2.75, 3.05) is 0 Å². The quantitative estimate of drug-likeness (QED) is 0.478. The molecule has 5 heteroatoms. The molecule has 0 fully saturated rings. The van der Waals surface area contributed by atoms with Crippen LogP contribution in [0.5, 0.6) is 5.75 Å². The molecule has 0 bridgehead atoms. The van der Waals surface area contributed by atoms with Gasteiger partial charge in [0.15, 0.2) is 4.93 Å². The highest BCUT2D eigenvalue weighted by molar-refractivity contribution is 8.01. The van der Waals surface area contributed by atoms with Crippen molar-refractivity contribution in [2.24, 2.45) is 0 Å². The molecule has 1 heterocycles. The number of carbonyl (C=O) groups is 2. The Bertz CT molecular complexity index is 783. The number of hydrogen-bond acceptors (Lipinski definition) is 5. The molecule has 1 aliphatic heterocycles. The third-order valence-electron chi connectivity index (χ3n) is 4.96. The van der Waals surface area contributed by atoms with Crippen LogP contribution in [0.15, 0.2) is 11.0 Å². The number of ether oxygens (including phenoxy) is 2. The Balaban J connectivity index is 2.87. The molecule has 0 N–H and O–H groups in total. The number of esters is 2. The van der Waals surface area contributed by atoms with Gasteiger partial charge in [0.05, 0.1) is 0 Å². The van der Waals surface area contributed by atoms with Crippen molar-refractivity contribution in [2.45, 2.75) is 95.8 Å². The monoisotopic (exact) mass is 392 g/mol. The summed E-state index contributed by atoms with van der Waals surface area (Å²) >= 11 is 1.58. The Morgan fingerprint density at radius 1 is 1.04 bits per heavy atom. The summed E-state index contributed by atoms with van der Waals surface area (Å²) in [5, 5.41) is 0. The van der Waals surface area contributed by atoms with Crippen LogP contribution < -0.4 is 4.74 Å². The summed E-state index contributed by atoms with van der Waals surface area (Å²) < 4.78 is 11.5. The average molecular weight is 393 g/mol. The molecule has 0 saturated carbocycles. The summed E-state index contributed by atoms with van der Waals surface area (Å²) in [5.41, 5.74) is 2.68. The first-order valence-corrected chi connectivity index (χ1v) is 10.2. The van der Waals surface area contributed by atoms with Gasteiger partial charge in [-0.1, -0.05) is 60.2 Å². The Hall–Kier alpha value is -1.49. The Morgan fingerprint density at radius 3 is 2.00 bits per heavy atom. The molecule has 4 nitrogen and oxygen atoms in total. The van der Waals surface area contributed by atoms with Gasteiger partial charge in [-0.3, -0.25) is 9.59 Å². The first-order valence-electron chi connectivity index (χ1n) is 9.37. The van der Waals surface area contributed by atoms with Crippen LogP contribution in [0.3, 0.4) is 0 Å². The van der Waals surface area contributed by atoms with Crippen molar-refractivity contribution in [1.29, 1.82) is 0 Å². The minimum Gasteiger partial charge on any atom is -0.447 e. The van der Waals surface area contributed by atoms with E-state index in [0.29, 0.717) is 5.75 Å². The predicted molar refractivity (Wildman–Crippen MR) is 110 cm³/mol. The van der Waals surface area contributed by atoms with Gasteiger partial charge in [-0.2, -0.15) is 0 Å². The molecule has 2 rings (SSSR count). The van der Waals surface area contributed by atoms with Crippen molar-refractivity contribution in [3.63, 3.8) is 0 Å². The van der Waals surface area contributed by atoms with Crippen LogP contribution in [0.25, 0.3) is 0 Å². The second kappa shape index (κ2) is 6.84. The fourth-order valence-electron chi connectivity index (χ4n) is 3.68. The fraction of sp³-hybridized carbons (Fsp3) is 0.636. The lowest BCUT2D eigenvalue weighted by atomic mass is 9.74. The Kier molecular flexibility index (Phi) is 5.52. The van der Waals surface area contributed by atoms with Crippen LogP contribution in [0.4, 0.5) is 0 Å². The highest BCUT2D eigenvalue weighted by Gasteiger charge is 2.48. The summed E-state index contributed by atoms with van der Waals surface area (Å²) in [5.74, 6) is 0.00458. The summed E-state index contributed by atoms with van der Waals surface area (Å²) in [6.07, 6.45) is 0. The van der Waals surface area contributed by atoms with E-state index in [2.05, 4.69) is 54.5 Å². The molecule has 1 aromatic carbocycles. The zero-order valence-corrected chi connectivity index (χ0v) is 19.0. The maximum Gasteiger partial charge on any atom is 0.308 e. The summed E-state index contributed by atoms with van der Waals surface area (Å²) in [6, 6.07) is 2.11. The normalized spacial score (nSPS) is 22.4. The van der Waals surface area contributed by atoms with Gasteiger partial charge in [-0.05, 0) is 29.4 Å². The predicted octanol–water partition coefficient (Wildman–Crippen LogP) is 5.70. The minimum atomic E-state index is -0.682. The van der Waals surface area contributed by atoms with Crippen LogP contribution in [-0.2, 0) is 25.2 Å². The van der Waals surface area contributed by atoms with Gasteiger partial charge in [0.2, 0.25) is 0 Å². The van der Waals surface area contributed by atoms with Crippen molar-refractivity contribution in [1.82, 2.24) is 0 Å². The lowest BCUT2D eigenvalue weighted by molar-refractivity contribution is -0.148. The fourth-order valence-corrected chi connectivity index (χ4v) is 5.14. The summed E-state index contributed by atoms with van der Waals surface area (Å²) in [7, 11) is 0. The zero-order chi connectivity index (χ0) is 20.9. The smallest absolute Gasteiger partial charge is 0.308 e. The van der Waals surface area contributed by atoms with Gasteiger partial charge in [0.25, 0.3) is 0 Å². The van der Waals surface area contributed by atoms with Gasteiger partial charge >= 0.3 is 11.9 Å². The van der Waals surface area contributed by atoms with E-state index in [9.17, 15) is 9.59 Å². The number of hydrogen-bond donors (Lipinski definition) is 0. The molecule has 0 spiro atoms. The van der Waals surface area contributed by atoms with E-state index in [-0.39, 0.29) is 28.7 Å².